The van der Waals surface area contributed by atoms with Crippen LogP contribution in [0.15, 0.2) is 12.1 Å². The van der Waals surface area contributed by atoms with Crippen LogP contribution in [0.1, 0.15) is 66.9 Å². The quantitative estimate of drug-likeness (QED) is 0.824. The SMILES string of the molecule is COC(=O)c1cc(O)c2c(c1)[C@H](C(C)C)CC[C@H]2C. The summed E-state index contributed by atoms with van der Waals surface area (Å²) in [5.74, 6) is 1.09. The van der Waals surface area contributed by atoms with Crippen LogP contribution in [0.3, 0.4) is 0 Å². The summed E-state index contributed by atoms with van der Waals surface area (Å²) in [6, 6.07) is 3.44. The molecule has 2 atom stereocenters. The lowest BCUT2D eigenvalue weighted by molar-refractivity contribution is 0.0600. The molecule has 0 spiro atoms. The molecule has 0 amide bonds. The maximum Gasteiger partial charge on any atom is 0.337 e. The molecule has 104 valence electrons. The summed E-state index contributed by atoms with van der Waals surface area (Å²) in [5.41, 5.74) is 2.57. The molecule has 19 heavy (non-hydrogen) atoms. The van der Waals surface area contributed by atoms with E-state index in [9.17, 15) is 9.90 Å². The van der Waals surface area contributed by atoms with Gasteiger partial charge in [-0.25, -0.2) is 4.79 Å². The number of aromatic hydroxyl groups is 1. The molecule has 0 fully saturated rings. The van der Waals surface area contributed by atoms with E-state index in [4.69, 9.17) is 4.74 Å². The highest BCUT2D eigenvalue weighted by Crippen LogP contribution is 2.46. The fourth-order valence-corrected chi connectivity index (χ4v) is 3.16. The van der Waals surface area contributed by atoms with Gasteiger partial charge in [-0.3, -0.25) is 0 Å². The minimum atomic E-state index is -0.390. The predicted molar refractivity (Wildman–Crippen MR) is 74.7 cm³/mol. The maximum atomic E-state index is 11.7. The summed E-state index contributed by atoms with van der Waals surface area (Å²) in [6.07, 6.45) is 2.19. The number of carbonyl (C=O) groups is 1. The van der Waals surface area contributed by atoms with E-state index >= 15 is 0 Å². The summed E-state index contributed by atoms with van der Waals surface area (Å²) in [4.78, 5) is 11.7. The van der Waals surface area contributed by atoms with Crippen LogP contribution in [0.25, 0.3) is 0 Å². The van der Waals surface area contributed by atoms with Crippen LogP contribution in [0.4, 0.5) is 0 Å². The number of hydrogen-bond donors (Lipinski definition) is 1. The van der Waals surface area contributed by atoms with Crippen molar-refractivity contribution in [3.63, 3.8) is 0 Å². The highest BCUT2D eigenvalue weighted by atomic mass is 16.5. The van der Waals surface area contributed by atoms with Crippen molar-refractivity contribution in [2.24, 2.45) is 5.92 Å². The maximum absolute atomic E-state index is 11.7. The molecule has 0 radical (unpaired) electrons. The molecule has 1 aromatic rings. The van der Waals surface area contributed by atoms with Gasteiger partial charge in [0, 0.05) is 5.56 Å². The molecular weight excluding hydrogens is 240 g/mol. The van der Waals surface area contributed by atoms with E-state index in [-0.39, 0.29) is 11.7 Å². The number of hydrogen-bond acceptors (Lipinski definition) is 3. The third-order valence-electron chi connectivity index (χ3n) is 4.22. The largest absolute Gasteiger partial charge is 0.508 e. The van der Waals surface area contributed by atoms with Crippen molar-refractivity contribution < 1.29 is 14.6 Å². The third kappa shape index (κ3) is 2.46. The molecule has 0 aliphatic heterocycles. The molecule has 0 saturated carbocycles. The van der Waals surface area contributed by atoms with E-state index in [1.165, 1.54) is 13.2 Å². The standard InChI is InChI=1S/C16H22O3/c1-9(2)12-6-5-10(3)15-13(12)7-11(8-14(15)17)16(18)19-4/h7-10,12,17H,5-6H2,1-4H3/t10-,12+/m1/s1. The molecule has 3 heteroatoms. The Bertz CT molecular complexity index is 491. The van der Waals surface area contributed by atoms with Crippen molar-refractivity contribution in [3.8, 4) is 5.75 Å². The van der Waals surface area contributed by atoms with Gasteiger partial charge in [0.2, 0.25) is 0 Å². The van der Waals surface area contributed by atoms with Crippen molar-refractivity contribution in [3.05, 3.63) is 28.8 Å². The second-order valence-corrected chi connectivity index (χ2v) is 5.82. The van der Waals surface area contributed by atoms with Gasteiger partial charge in [-0.05, 0) is 48.3 Å². The third-order valence-corrected chi connectivity index (χ3v) is 4.22. The zero-order valence-corrected chi connectivity index (χ0v) is 12.1. The van der Waals surface area contributed by atoms with E-state index in [1.54, 1.807) is 0 Å². The number of carbonyl (C=O) groups excluding carboxylic acids is 1. The van der Waals surface area contributed by atoms with E-state index < -0.39 is 0 Å². The summed E-state index contributed by atoms with van der Waals surface area (Å²) in [7, 11) is 1.36. The lowest BCUT2D eigenvalue weighted by Gasteiger charge is -2.33. The molecule has 0 heterocycles. The van der Waals surface area contributed by atoms with Crippen molar-refractivity contribution in [1.29, 1.82) is 0 Å². The van der Waals surface area contributed by atoms with Crippen molar-refractivity contribution in [2.45, 2.75) is 45.4 Å². The van der Waals surface area contributed by atoms with Crippen LogP contribution in [-0.2, 0) is 4.74 Å². The lowest BCUT2D eigenvalue weighted by Crippen LogP contribution is -2.18. The van der Waals surface area contributed by atoms with Crippen LogP contribution in [-0.4, -0.2) is 18.2 Å². The van der Waals surface area contributed by atoms with Gasteiger partial charge in [0.05, 0.1) is 12.7 Å². The molecule has 0 bridgehead atoms. The molecule has 0 unspecified atom stereocenters. The molecule has 2 rings (SSSR count). The monoisotopic (exact) mass is 262 g/mol. The van der Waals surface area contributed by atoms with Crippen LogP contribution in [0, 0.1) is 5.92 Å². The molecule has 1 aliphatic carbocycles. The number of phenols is 1. The van der Waals surface area contributed by atoms with Crippen LogP contribution < -0.4 is 0 Å². The van der Waals surface area contributed by atoms with Gasteiger partial charge >= 0.3 is 5.97 Å². The Balaban J connectivity index is 2.57. The first-order chi connectivity index (χ1) is 8.95. The van der Waals surface area contributed by atoms with Crippen LogP contribution in [0.5, 0.6) is 5.75 Å². The smallest absolute Gasteiger partial charge is 0.337 e. The summed E-state index contributed by atoms with van der Waals surface area (Å²) < 4.78 is 4.75. The number of methoxy groups -OCH3 is 1. The minimum Gasteiger partial charge on any atom is -0.508 e. The first-order valence-corrected chi connectivity index (χ1v) is 6.90. The molecule has 0 aromatic heterocycles. The Hall–Kier alpha value is -1.51. The zero-order valence-electron chi connectivity index (χ0n) is 12.1. The predicted octanol–water partition coefficient (Wildman–Crippen LogP) is 3.82. The molecular formula is C16H22O3. The zero-order chi connectivity index (χ0) is 14.2. The topological polar surface area (TPSA) is 46.5 Å². The first kappa shape index (κ1) is 13.9. The van der Waals surface area contributed by atoms with Gasteiger partial charge in [-0.15, -0.1) is 0 Å². The highest BCUT2D eigenvalue weighted by Gasteiger charge is 2.30. The number of esters is 1. The van der Waals surface area contributed by atoms with E-state index in [0.717, 1.165) is 24.0 Å². The van der Waals surface area contributed by atoms with Crippen molar-refractivity contribution >= 4 is 5.97 Å². The number of rotatable bonds is 2. The fourth-order valence-electron chi connectivity index (χ4n) is 3.16. The normalized spacial score (nSPS) is 22.2. The van der Waals surface area contributed by atoms with E-state index in [1.807, 2.05) is 6.07 Å². The fraction of sp³-hybridized carbons (Fsp3) is 0.562. The number of ether oxygens (including phenoxy) is 1. The molecule has 0 saturated heterocycles. The minimum absolute atomic E-state index is 0.232. The Kier molecular flexibility index (Phi) is 3.83. The molecule has 1 aliphatic rings. The van der Waals surface area contributed by atoms with Crippen molar-refractivity contribution in [2.75, 3.05) is 7.11 Å². The lowest BCUT2D eigenvalue weighted by atomic mass is 9.72. The summed E-state index contributed by atoms with van der Waals surface area (Å²) >= 11 is 0. The first-order valence-electron chi connectivity index (χ1n) is 6.90. The summed E-state index contributed by atoms with van der Waals surface area (Å²) in [6.45, 7) is 6.51. The van der Waals surface area contributed by atoms with E-state index in [2.05, 4.69) is 20.8 Å². The highest BCUT2D eigenvalue weighted by molar-refractivity contribution is 5.90. The molecule has 1 N–H and O–H groups in total. The Morgan fingerprint density at radius 3 is 2.63 bits per heavy atom. The van der Waals surface area contributed by atoms with Gasteiger partial charge in [0.15, 0.2) is 0 Å². The second-order valence-electron chi connectivity index (χ2n) is 5.82. The van der Waals surface area contributed by atoms with Gasteiger partial charge in [-0.2, -0.15) is 0 Å². The number of fused-ring (bicyclic) bond motifs is 1. The van der Waals surface area contributed by atoms with Gasteiger partial charge in [-0.1, -0.05) is 20.8 Å². The van der Waals surface area contributed by atoms with Crippen molar-refractivity contribution in [1.82, 2.24) is 0 Å². The molecule has 1 aromatic carbocycles. The van der Waals surface area contributed by atoms with Crippen LogP contribution in [0.2, 0.25) is 0 Å². The average molecular weight is 262 g/mol. The Labute approximate surface area is 114 Å². The number of benzene rings is 1. The Morgan fingerprint density at radius 1 is 1.37 bits per heavy atom. The number of phenolic OH excluding ortho intramolecular Hbond substituents is 1. The average Bonchev–Trinajstić information content (AvgIpc) is 2.37. The van der Waals surface area contributed by atoms with Gasteiger partial charge in [0.25, 0.3) is 0 Å². The molecule has 3 nitrogen and oxygen atoms in total. The van der Waals surface area contributed by atoms with Crippen LogP contribution >= 0.6 is 0 Å². The Morgan fingerprint density at radius 2 is 2.05 bits per heavy atom. The van der Waals surface area contributed by atoms with E-state index in [0.29, 0.717) is 23.3 Å². The summed E-state index contributed by atoms with van der Waals surface area (Å²) in [5, 5.41) is 10.2. The van der Waals surface area contributed by atoms with Gasteiger partial charge in [0.1, 0.15) is 5.75 Å². The van der Waals surface area contributed by atoms with Gasteiger partial charge < -0.3 is 9.84 Å². The second kappa shape index (κ2) is 5.24.